The molecule has 2 aliphatic rings. The Kier molecular flexibility index (Phi) is 3.75. The summed E-state index contributed by atoms with van der Waals surface area (Å²) in [6.45, 7) is 3.09. The molecule has 1 N–H and O–H groups in total. The number of anilines is 1. The molecule has 1 saturated heterocycles. The maximum absolute atomic E-state index is 5.45. The van der Waals surface area contributed by atoms with Crippen molar-refractivity contribution in [1.82, 2.24) is 19.2 Å². The second-order valence-corrected chi connectivity index (χ2v) is 7.65. The molecule has 4 heterocycles. The fourth-order valence-electron chi connectivity index (χ4n) is 4.54. The van der Waals surface area contributed by atoms with E-state index in [-0.39, 0.29) is 5.54 Å². The highest BCUT2D eigenvalue weighted by Gasteiger charge is 2.41. The zero-order chi connectivity index (χ0) is 18.4. The molecular weight excluding hydrogens is 338 g/mol. The molecule has 0 saturated carbocycles. The lowest BCUT2D eigenvalue weighted by atomic mass is 9.82. The Labute approximate surface area is 159 Å². The van der Waals surface area contributed by atoms with Crippen LogP contribution in [0.3, 0.4) is 0 Å². The Bertz CT molecular complexity index is 965. The molecular formula is C21H25N5O. The first-order chi connectivity index (χ1) is 13.2. The van der Waals surface area contributed by atoms with Gasteiger partial charge in [-0.2, -0.15) is 5.10 Å². The monoisotopic (exact) mass is 363 g/mol. The minimum atomic E-state index is -0.0195. The molecule has 1 spiro atoms. The lowest BCUT2D eigenvalue weighted by Crippen LogP contribution is -2.49. The number of rotatable bonds is 3. The fourth-order valence-corrected chi connectivity index (χ4v) is 4.54. The summed E-state index contributed by atoms with van der Waals surface area (Å²) in [6, 6.07) is 10.7. The first-order valence-electron chi connectivity index (χ1n) is 9.51. The van der Waals surface area contributed by atoms with Crippen LogP contribution in [-0.4, -0.2) is 39.4 Å². The van der Waals surface area contributed by atoms with Crippen LogP contribution >= 0.6 is 0 Å². The zero-order valence-corrected chi connectivity index (χ0v) is 15.9. The van der Waals surface area contributed by atoms with Crippen LogP contribution in [0.1, 0.15) is 24.1 Å². The van der Waals surface area contributed by atoms with Crippen LogP contribution in [0, 0.1) is 0 Å². The molecule has 0 amide bonds. The van der Waals surface area contributed by atoms with E-state index in [9.17, 15) is 0 Å². The zero-order valence-electron chi connectivity index (χ0n) is 15.9. The molecule has 27 heavy (non-hydrogen) atoms. The summed E-state index contributed by atoms with van der Waals surface area (Å²) in [5.41, 5.74) is 4.97. The van der Waals surface area contributed by atoms with Gasteiger partial charge in [0.2, 0.25) is 0 Å². The van der Waals surface area contributed by atoms with E-state index >= 15 is 0 Å². The van der Waals surface area contributed by atoms with E-state index < -0.39 is 0 Å². The van der Waals surface area contributed by atoms with Gasteiger partial charge in [-0.25, -0.2) is 0 Å². The van der Waals surface area contributed by atoms with Crippen molar-refractivity contribution in [2.75, 3.05) is 25.5 Å². The summed E-state index contributed by atoms with van der Waals surface area (Å²) in [4.78, 5) is 2.53. The molecule has 0 aliphatic carbocycles. The predicted octanol–water partition coefficient (Wildman–Crippen LogP) is 3.14. The smallest absolute Gasteiger partial charge is 0.121 e. The highest BCUT2D eigenvalue weighted by atomic mass is 16.5. The number of nitrogens with zero attached hydrogens (tertiary/aromatic N) is 4. The van der Waals surface area contributed by atoms with Crippen molar-refractivity contribution >= 4 is 5.69 Å². The number of nitrogens with one attached hydrogen (secondary N) is 1. The Balaban J connectivity index is 1.41. The first-order valence-corrected chi connectivity index (χ1v) is 9.51. The number of hydrogen-bond acceptors (Lipinski definition) is 4. The summed E-state index contributed by atoms with van der Waals surface area (Å²) in [5, 5.41) is 8.17. The van der Waals surface area contributed by atoms with Gasteiger partial charge >= 0.3 is 0 Å². The molecule has 3 aromatic rings. The van der Waals surface area contributed by atoms with Gasteiger partial charge in [-0.1, -0.05) is 0 Å². The Morgan fingerprint density at radius 2 is 2.07 bits per heavy atom. The van der Waals surface area contributed by atoms with Crippen molar-refractivity contribution in [2.24, 2.45) is 7.05 Å². The van der Waals surface area contributed by atoms with Gasteiger partial charge in [-0.3, -0.25) is 9.58 Å². The van der Waals surface area contributed by atoms with E-state index in [0.717, 1.165) is 43.9 Å². The summed E-state index contributed by atoms with van der Waals surface area (Å²) >= 11 is 0. The minimum absolute atomic E-state index is 0.0195. The van der Waals surface area contributed by atoms with Crippen LogP contribution in [0.4, 0.5) is 5.69 Å². The van der Waals surface area contributed by atoms with Crippen molar-refractivity contribution < 1.29 is 4.74 Å². The largest absolute Gasteiger partial charge is 0.497 e. The highest BCUT2D eigenvalue weighted by molar-refractivity contribution is 5.69. The number of ether oxygens (including phenoxy) is 1. The predicted molar refractivity (Wildman–Crippen MR) is 105 cm³/mol. The molecule has 0 atom stereocenters. The molecule has 140 valence electrons. The maximum atomic E-state index is 5.45. The highest BCUT2D eigenvalue weighted by Crippen LogP contribution is 2.44. The number of benzene rings is 1. The third-order valence-electron chi connectivity index (χ3n) is 5.95. The van der Waals surface area contributed by atoms with E-state index in [1.54, 1.807) is 7.11 Å². The minimum Gasteiger partial charge on any atom is -0.497 e. The topological polar surface area (TPSA) is 47.2 Å². The standard InChI is InChI=1S/C21H25N5O/c1-24-14-16(13-22-24)15-25-10-7-21(8-11-25)20-4-3-9-26(20)19-6-5-17(27-2)12-18(19)23-21/h3-6,9,12-14,23H,7-8,10-11,15H2,1-2H3. The van der Waals surface area contributed by atoms with E-state index in [4.69, 9.17) is 4.74 Å². The average Bonchev–Trinajstić information content (AvgIpc) is 3.33. The SMILES string of the molecule is COc1ccc2c(c1)NC1(CCN(Cc3cnn(C)c3)CC1)c1cccn1-2. The van der Waals surface area contributed by atoms with Crippen molar-refractivity contribution in [3.63, 3.8) is 0 Å². The molecule has 2 aliphatic heterocycles. The van der Waals surface area contributed by atoms with Gasteiger partial charge in [0.1, 0.15) is 5.75 Å². The fraction of sp³-hybridized carbons (Fsp3) is 0.381. The molecule has 2 aromatic heterocycles. The van der Waals surface area contributed by atoms with Gasteiger partial charge in [0, 0.05) is 56.4 Å². The van der Waals surface area contributed by atoms with E-state index in [0.29, 0.717) is 0 Å². The normalized spacial score (nSPS) is 18.0. The molecule has 6 heteroatoms. The van der Waals surface area contributed by atoms with Crippen molar-refractivity contribution in [1.29, 1.82) is 0 Å². The second kappa shape index (κ2) is 6.16. The Morgan fingerprint density at radius 1 is 1.22 bits per heavy atom. The van der Waals surface area contributed by atoms with Gasteiger partial charge in [0.05, 0.1) is 30.2 Å². The van der Waals surface area contributed by atoms with E-state index in [1.165, 1.54) is 16.9 Å². The van der Waals surface area contributed by atoms with Crippen molar-refractivity contribution in [3.05, 3.63) is 60.2 Å². The van der Waals surface area contributed by atoms with Gasteiger partial charge in [-0.05, 0) is 37.1 Å². The van der Waals surface area contributed by atoms with Crippen LogP contribution in [0.25, 0.3) is 5.69 Å². The summed E-state index contributed by atoms with van der Waals surface area (Å²) < 4.78 is 9.66. The summed E-state index contributed by atoms with van der Waals surface area (Å²) in [5.74, 6) is 0.890. The number of piperidine rings is 1. The van der Waals surface area contributed by atoms with Gasteiger partial charge in [0.15, 0.2) is 0 Å². The van der Waals surface area contributed by atoms with Crippen LogP contribution in [0.5, 0.6) is 5.75 Å². The Hall–Kier alpha value is -2.73. The van der Waals surface area contributed by atoms with Gasteiger partial charge in [0.25, 0.3) is 0 Å². The molecule has 6 nitrogen and oxygen atoms in total. The number of fused-ring (bicyclic) bond motifs is 4. The number of hydrogen-bond donors (Lipinski definition) is 1. The molecule has 0 bridgehead atoms. The third-order valence-corrected chi connectivity index (χ3v) is 5.95. The van der Waals surface area contributed by atoms with E-state index in [2.05, 4.69) is 56.5 Å². The first kappa shape index (κ1) is 16.4. The quantitative estimate of drug-likeness (QED) is 0.777. The molecule has 0 radical (unpaired) electrons. The lowest BCUT2D eigenvalue weighted by molar-refractivity contribution is 0.162. The van der Waals surface area contributed by atoms with Crippen LogP contribution in [0.15, 0.2) is 48.9 Å². The van der Waals surface area contributed by atoms with Gasteiger partial charge in [-0.15, -0.1) is 0 Å². The lowest BCUT2D eigenvalue weighted by Gasteiger charge is -2.46. The molecule has 5 rings (SSSR count). The summed E-state index contributed by atoms with van der Waals surface area (Å²) in [6.07, 6.45) is 8.40. The van der Waals surface area contributed by atoms with Crippen molar-refractivity contribution in [3.8, 4) is 11.4 Å². The number of methoxy groups -OCH3 is 1. The van der Waals surface area contributed by atoms with Crippen LogP contribution in [-0.2, 0) is 19.1 Å². The number of aryl methyl sites for hydroxylation is 1. The molecule has 1 fully saturated rings. The molecule has 0 unspecified atom stereocenters. The maximum Gasteiger partial charge on any atom is 0.121 e. The van der Waals surface area contributed by atoms with Crippen LogP contribution < -0.4 is 10.1 Å². The van der Waals surface area contributed by atoms with Crippen molar-refractivity contribution in [2.45, 2.75) is 24.9 Å². The Morgan fingerprint density at radius 3 is 2.81 bits per heavy atom. The van der Waals surface area contributed by atoms with E-state index in [1.807, 2.05) is 24.0 Å². The van der Waals surface area contributed by atoms with Gasteiger partial charge < -0.3 is 14.6 Å². The summed E-state index contributed by atoms with van der Waals surface area (Å²) in [7, 11) is 3.69. The average molecular weight is 363 g/mol. The molecule has 1 aromatic carbocycles. The number of aromatic nitrogens is 3. The second-order valence-electron chi connectivity index (χ2n) is 7.65. The third kappa shape index (κ3) is 2.72. The van der Waals surface area contributed by atoms with Crippen LogP contribution in [0.2, 0.25) is 0 Å². The number of likely N-dealkylation sites (tertiary alicyclic amines) is 1.